The van der Waals surface area contributed by atoms with E-state index in [-0.39, 0.29) is 11.4 Å². The zero-order valence-electron chi connectivity index (χ0n) is 23.7. The van der Waals surface area contributed by atoms with Crippen LogP contribution in [0.2, 0.25) is 0 Å². The number of alkyl halides is 3. The van der Waals surface area contributed by atoms with E-state index in [1.54, 1.807) is 31.3 Å². The fourth-order valence-electron chi connectivity index (χ4n) is 5.37. The van der Waals surface area contributed by atoms with Crippen LogP contribution in [0.3, 0.4) is 0 Å². The number of aromatic hydroxyl groups is 1. The number of oxazole rings is 1. The molecule has 226 valence electrons. The Balaban J connectivity index is 1.32. The molecule has 11 nitrogen and oxygen atoms in total. The Morgan fingerprint density at radius 2 is 1.80 bits per heavy atom. The average Bonchev–Trinajstić information content (AvgIpc) is 3.53. The van der Waals surface area contributed by atoms with Crippen LogP contribution in [0.4, 0.5) is 46.5 Å². The predicted octanol–water partition coefficient (Wildman–Crippen LogP) is 7.00. The van der Waals surface area contributed by atoms with E-state index in [9.17, 15) is 23.1 Å². The number of nitrogens with one attached hydrogen (secondary N) is 3. The van der Waals surface area contributed by atoms with Crippen molar-refractivity contribution in [2.75, 3.05) is 34.4 Å². The molecule has 44 heavy (non-hydrogen) atoms. The number of hydrogen-bond donors (Lipinski definition) is 4. The molecule has 3 heterocycles. The summed E-state index contributed by atoms with van der Waals surface area (Å²) in [5, 5.41) is 19.5. The first kappa shape index (κ1) is 28.6. The molecule has 5 aromatic rings. The van der Waals surface area contributed by atoms with Crippen LogP contribution in [0.1, 0.15) is 19.4 Å². The topological polar surface area (TPSA) is 138 Å². The van der Waals surface area contributed by atoms with E-state index in [1.165, 1.54) is 18.5 Å². The normalized spacial score (nSPS) is 13.9. The van der Waals surface area contributed by atoms with E-state index in [1.807, 2.05) is 30.9 Å². The van der Waals surface area contributed by atoms with Gasteiger partial charge in [-0.2, -0.15) is 4.98 Å². The number of carbonyl (C=O) groups is 1. The second-order valence-corrected chi connectivity index (χ2v) is 10.6. The Morgan fingerprint density at radius 3 is 2.52 bits per heavy atom. The Bertz CT molecular complexity index is 1870. The van der Waals surface area contributed by atoms with Crippen molar-refractivity contribution in [1.82, 2.24) is 15.0 Å². The summed E-state index contributed by atoms with van der Waals surface area (Å²) in [6.45, 7) is 4.51. The largest absolute Gasteiger partial charge is 0.573 e. The van der Waals surface area contributed by atoms with Gasteiger partial charge in [-0.15, -0.1) is 13.2 Å². The lowest BCUT2D eigenvalue weighted by molar-refractivity contribution is -0.274. The van der Waals surface area contributed by atoms with Crippen molar-refractivity contribution >= 4 is 45.8 Å². The SMILES string of the molecule is CNc1ncnc2oc(-c3ccc(O)c4c3C(C)(C)CN4c3ccccc3NC(=O)Nc3ccc(OC(F)(F)F)cc3)nc12. The molecule has 0 atom stereocenters. The third-order valence-electron chi connectivity index (χ3n) is 7.11. The second-order valence-electron chi connectivity index (χ2n) is 10.6. The summed E-state index contributed by atoms with van der Waals surface area (Å²) in [5.41, 5.74) is 3.59. The third kappa shape index (κ3) is 5.37. The van der Waals surface area contributed by atoms with Crippen LogP contribution in [0.25, 0.3) is 22.7 Å². The van der Waals surface area contributed by atoms with Gasteiger partial charge >= 0.3 is 12.4 Å². The summed E-state index contributed by atoms with van der Waals surface area (Å²) in [6.07, 6.45) is -3.44. The Hall–Kier alpha value is -5.53. The molecule has 0 unspecified atom stereocenters. The minimum Gasteiger partial charge on any atom is -0.506 e. The fraction of sp³-hybridized carbons (Fsp3) is 0.200. The molecule has 0 saturated carbocycles. The molecule has 2 amide bonds. The molecule has 0 aliphatic carbocycles. The Morgan fingerprint density at radius 1 is 1.05 bits per heavy atom. The van der Waals surface area contributed by atoms with Crippen molar-refractivity contribution in [2.24, 2.45) is 0 Å². The molecule has 1 aliphatic heterocycles. The van der Waals surface area contributed by atoms with Gasteiger partial charge in [0.2, 0.25) is 5.89 Å². The van der Waals surface area contributed by atoms with Crippen molar-refractivity contribution in [3.63, 3.8) is 0 Å². The zero-order valence-corrected chi connectivity index (χ0v) is 23.7. The number of ether oxygens (including phenoxy) is 1. The molecule has 0 spiro atoms. The van der Waals surface area contributed by atoms with Gasteiger partial charge in [-0.25, -0.2) is 14.8 Å². The molecule has 0 bridgehead atoms. The molecule has 6 rings (SSSR count). The highest BCUT2D eigenvalue weighted by atomic mass is 19.4. The maximum absolute atomic E-state index is 12.9. The summed E-state index contributed by atoms with van der Waals surface area (Å²) < 4.78 is 47.3. The van der Waals surface area contributed by atoms with Crippen molar-refractivity contribution in [3.8, 4) is 23.0 Å². The molecular formula is C30H26F3N7O4. The monoisotopic (exact) mass is 605 g/mol. The quantitative estimate of drug-likeness (QED) is 0.161. The molecule has 0 fully saturated rings. The van der Waals surface area contributed by atoms with Crippen LogP contribution in [0.5, 0.6) is 11.5 Å². The molecule has 2 aromatic heterocycles. The standard InChI is InChI=1S/C30H26F3N7O4/c1-29(2)14-40(24-21(41)13-12-18(22(24)29)26-39-23-25(34-3)35-15-36-27(23)43-26)20-7-5-4-6-19(20)38-28(42)37-16-8-10-17(11-9-16)44-30(31,32)33/h4-13,15,41H,14H2,1-3H3,(H,34,35,36)(H2,37,38,42). The van der Waals surface area contributed by atoms with Gasteiger partial charge in [0.15, 0.2) is 11.3 Å². The first-order valence-corrected chi connectivity index (χ1v) is 13.4. The highest BCUT2D eigenvalue weighted by Gasteiger charge is 2.41. The van der Waals surface area contributed by atoms with Crippen molar-refractivity contribution < 1.29 is 32.2 Å². The molecule has 0 radical (unpaired) electrons. The van der Waals surface area contributed by atoms with Gasteiger partial charge in [-0.1, -0.05) is 26.0 Å². The van der Waals surface area contributed by atoms with Gasteiger partial charge in [-0.3, -0.25) is 0 Å². The number of nitrogens with zero attached hydrogens (tertiary/aromatic N) is 4. The number of benzene rings is 3. The number of phenolic OH excluding ortho intramolecular Hbond substituents is 1. The van der Waals surface area contributed by atoms with Gasteiger partial charge < -0.3 is 35.1 Å². The smallest absolute Gasteiger partial charge is 0.506 e. The number of rotatable bonds is 6. The van der Waals surface area contributed by atoms with E-state index in [2.05, 4.69) is 35.6 Å². The van der Waals surface area contributed by atoms with Gasteiger partial charge in [0, 0.05) is 30.3 Å². The number of carbonyl (C=O) groups excluding carboxylic acids is 1. The summed E-state index contributed by atoms with van der Waals surface area (Å²) >= 11 is 0. The van der Waals surface area contributed by atoms with E-state index in [0.717, 1.165) is 17.7 Å². The third-order valence-corrected chi connectivity index (χ3v) is 7.11. The lowest BCUT2D eigenvalue weighted by atomic mass is 9.83. The fourth-order valence-corrected chi connectivity index (χ4v) is 5.37. The van der Waals surface area contributed by atoms with Gasteiger partial charge in [-0.05, 0) is 54.1 Å². The summed E-state index contributed by atoms with van der Waals surface area (Å²) in [7, 11) is 1.73. The lowest BCUT2D eigenvalue weighted by Gasteiger charge is -2.25. The summed E-state index contributed by atoms with van der Waals surface area (Å²) in [5.74, 6) is 0.462. The Kier molecular flexibility index (Phi) is 6.91. The van der Waals surface area contributed by atoms with Crippen LogP contribution < -0.4 is 25.6 Å². The molecule has 1 aliphatic rings. The van der Waals surface area contributed by atoms with Crippen molar-refractivity contribution in [3.05, 3.63) is 72.6 Å². The van der Waals surface area contributed by atoms with Crippen LogP contribution in [-0.2, 0) is 5.41 Å². The number of phenols is 1. The minimum absolute atomic E-state index is 0.0292. The predicted molar refractivity (Wildman–Crippen MR) is 158 cm³/mol. The number of anilines is 5. The second kappa shape index (κ2) is 10.6. The van der Waals surface area contributed by atoms with Gasteiger partial charge in [0.05, 0.1) is 17.1 Å². The molecule has 0 saturated heterocycles. The number of fused-ring (bicyclic) bond motifs is 2. The van der Waals surface area contributed by atoms with Gasteiger partial charge in [0.1, 0.15) is 17.8 Å². The number of halogens is 3. The first-order valence-electron chi connectivity index (χ1n) is 13.4. The van der Waals surface area contributed by atoms with Crippen LogP contribution in [0.15, 0.2) is 71.4 Å². The van der Waals surface area contributed by atoms with E-state index in [4.69, 9.17) is 4.42 Å². The van der Waals surface area contributed by atoms with Crippen LogP contribution >= 0.6 is 0 Å². The van der Waals surface area contributed by atoms with E-state index < -0.39 is 23.6 Å². The first-order chi connectivity index (χ1) is 20.9. The summed E-state index contributed by atoms with van der Waals surface area (Å²) in [4.78, 5) is 27.9. The number of hydrogen-bond acceptors (Lipinski definition) is 9. The maximum Gasteiger partial charge on any atom is 0.573 e. The van der Waals surface area contributed by atoms with Crippen molar-refractivity contribution in [2.45, 2.75) is 25.6 Å². The highest BCUT2D eigenvalue weighted by molar-refractivity contribution is 6.03. The molecule has 4 N–H and O–H groups in total. The van der Waals surface area contributed by atoms with Gasteiger partial charge in [0.25, 0.3) is 5.71 Å². The van der Waals surface area contributed by atoms with E-state index in [0.29, 0.717) is 52.1 Å². The number of para-hydroxylation sites is 2. The number of urea groups is 1. The molecule has 3 aromatic carbocycles. The summed E-state index contributed by atoms with van der Waals surface area (Å²) in [6, 6.07) is 14.6. The number of aromatic nitrogens is 3. The Labute approximate surface area is 248 Å². The number of amides is 2. The molecule has 14 heteroatoms. The average molecular weight is 606 g/mol. The van der Waals surface area contributed by atoms with Crippen LogP contribution in [-0.4, -0.2) is 46.0 Å². The highest BCUT2D eigenvalue weighted by Crippen LogP contribution is 2.53. The lowest BCUT2D eigenvalue weighted by Crippen LogP contribution is -2.27. The van der Waals surface area contributed by atoms with E-state index >= 15 is 0 Å². The van der Waals surface area contributed by atoms with Crippen LogP contribution in [0, 0.1) is 0 Å². The minimum atomic E-state index is -4.82. The molecular weight excluding hydrogens is 579 g/mol. The van der Waals surface area contributed by atoms with Crippen molar-refractivity contribution in [1.29, 1.82) is 0 Å². The maximum atomic E-state index is 12.9. The zero-order chi connectivity index (χ0) is 31.2.